The van der Waals surface area contributed by atoms with E-state index in [0.29, 0.717) is 26.2 Å². The van der Waals surface area contributed by atoms with Gasteiger partial charge in [0.15, 0.2) is 0 Å². The molecule has 2 heteroatoms. The standard InChI is InChI=1S/C16H16OSe/c1-13(17)12-16(14-8-4-2-5-9-14)18-15-10-6-3-7-11-15/h2-11,16H,12H2,1H3. The summed E-state index contributed by atoms with van der Waals surface area (Å²) in [5.74, 6) is 0.265. The van der Waals surface area contributed by atoms with Gasteiger partial charge >= 0.3 is 114 Å². The normalized spacial score (nSPS) is 12.1. The van der Waals surface area contributed by atoms with E-state index in [-0.39, 0.29) is 5.78 Å². The summed E-state index contributed by atoms with van der Waals surface area (Å²) in [5, 5.41) is 0. The molecule has 0 aliphatic carbocycles. The first-order valence-corrected chi connectivity index (χ1v) is 7.86. The number of carbonyl (C=O) groups is 1. The van der Waals surface area contributed by atoms with Gasteiger partial charge in [0.25, 0.3) is 0 Å². The van der Waals surface area contributed by atoms with E-state index in [1.807, 2.05) is 24.3 Å². The fourth-order valence-electron chi connectivity index (χ4n) is 1.82. The second-order valence-corrected chi connectivity index (χ2v) is 6.91. The van der Waals surface area contributed by atoms with Gasteiger partial charge in [0.2, 0.25) is 0 Å². The topological polar surface area (TPSA) is 17.1 Å². The quantitative estimate of drug-likeness (QED) is 0.776. The summed E-state index contributed by atoms with van der Waals surface area (Å²) in [6, 6.07) is 20.8. The molecule has 0 aliphatic rings. The Bertz CT molecular complexity index is 493. The van der Waals surface area contributed by atoms with Crippen molar-refractivity contribution in [3.8, 4) is 0 Å². The van der Waals surface area contributed by atoms with Crippen LogP contribution in [0.1, 0.15) is 23.7 Å². The number of benzene rings is 2. The molecule has 0 N–H and O–H groups in total. The van der Waals surface area contributed by atoms with E-state index in [0.717, 1.165) is 0 Å². The van der Waals surface area contributed by atoms with Crippen LogP contribution in [-0.4, -0.2) is 20.7 Å². The monoisotopic (exact) mass is 304 g/mol. The Balaban J connectivity index is 2.18. The van der Waals surface area contributed by atoms with Gasteiger partial charge in [-0.1, -0.05) is 0 Å². The number of hydrogen-bond acceptors (Lipinski definition) is 1. The summed E-state index contributed by atoms with van der Waals surface area (Å²) in [5.41, 5.74) is 1.27. The van der Waals surface area contributed by atoms with E-state index >= 15 is 0 Å². The molecule has 0 aromatic heterocycles. The summed E-state index contributed by atoms with van der Waals surface area (Å²) in [6.07, 6.45) is 0.638. The predicted molar refractivity (Wildman–Crippen MR) is 76.3 cm³/mol. The van der Waals surface area contributed by atoms with Gasteiger partial charge < -0.3 is 0 Å². The van der Waals surface area contributed by atoms with Crippen molar-refractivity contribution in [3.05, 3.63) is 66.2 Å². The molecule has 18 heavy (non-hydrogen) atoms. The number of Topliss-reactive ketones (excluding diaryl/α,β-unsaturated/α-hetero) is 1. The Morgan fingerprint density at radius 2 is 1.56 bits per heavy atom. The van der Waals surface area contributed by atoms with Gasteiger partial charge in [-0.3, -0.25) is 0 Å². The summed E-state index contributed by atoms with van der Waals surface area (Å²) in [4.78, 5) is 11.8. The van der Waals surface area contributed by atoms with Crippen molar-refractivity contribution >= 4 is 25.2 Å². The van der Waals surface area contributed by atoms with Gasteiger partial charge in [-0.25, -0.2) is 0 Å². The molecular weight excluding hydrogens is 287 g/mol. The molecule has 0 amide bonds. The van der Waals surface area contributed by atoms with Crippen molar-refractivity contribution in [2.24, 2.45) is 0 Å². The SMILES string of the molecule is CC(=O)CC([Se]c1ccccc1)c1ccccc1. The summed E-state index contributed by atoms with van der Waals surface area (Å²) in [6.45, 7) is 1.68. The fraction of sp³-hybridized carbons (Fsp3) is 0.188. The van der Waals surface area contributed by atoms with E-state index in [1.165, 1.54) is 10.0 Å². The van der Waals surface area contributed by atoms with Gasteiger partial charge in [-0.15, -0.1) is 0 Å². The third kappa shape index (κ3) is 3.83. The van der Waals surface area contributed by atoms with Gasteiger partial charge in [0.1, 0.15) is 0 Å². The Kier molecular flexibility index (Phi) is 4.74. The van der Waals surface area contributed by atoms with Crippen LogP contribution in [0.25, 0.3) is 0 Å². The number of carbonyl (C=O) groups excluding carboxylic acids is 1. The molecule has 0 radical (unpaired) electrons. The van der Waals surface area contributed by atoms with E-state index in [9.17, 15) is 4.79 Å². The van der Waals surface area contributed by atoms with Crippen molar-refractivity contribution in [1.29, 1.82) is 0 Å². The molecule has 2 rings (SSSR count). The zero-order valence-electron chi connectivity index (χ0n) is 10.4. The molecule has 1 nitrogen and oxygen atoms in total. The Morgan fingerprint density at radius 1 is 1.00 bits per heavy atom. The molecule has 0 heterocycles. The molecule has 0 saturated heterocycles. The Morgan fingerprint density at radius 3 is 2.11 bits per heavy atom. The molecule has 1 atom stereocenters. The van der Waals surface area contributed by atoms with Gasteiger partial charge in [-0.2, -0.15) is 0 Å². The van der Waals surface area contributed by atoms with Crippen molar-refractivity contribution in [2.75, 3.05) is 0 Å². The van der Waals surface area contributed by atoms with E-state index in [4.69, 9.17) is 0 Å². The Hall–Kier alpha value is -1.37. The van der Waals surface area contributed by atoms with E-state index < -0.39 is 0 Å². The van der Waals surface area contributed by atoms with Gasteiger partial charge in [0.05, 0.1) is 0 Å². The summed E-state index contributed by atoms with van der Waals surface area (Å²) >= 11 is 0.300. The molecule has 0 bridgehead atoms. The van der Waals surface area contributed by atoms with Crippen LogP contribution in [0.4, 0.5) is 0 Å². The minimum atomic E-state index is 0.265. The molecule has 0 aliphatic heterocycles. The van der Waals surface area contributed by atoms with Crippen LogP contribution < -0.4 is 4.46 Å². The first-order chi connectivity index (χ1) is 8.75. The fourth-order valence-corrected chi connectivity index (χ4v) is 4.45. The van der Waals surface area contributed by atoms with Crippen molar-refractivity contribution in [2.45, 2.75) is 18.2 Å². The average molecular weight is 303 g/mol. The summed E-state index contributed by atoms with van der Waals surface area (Å²) in [7, 11) is 0. The third-order valence-corrected chi connectivity index (χ3v) is 5.33. The van der Waals surface area contributed by atoms with E-state index in [2.05, 4.69) is 36.4 Å². The average Bonchev–Trinajstić information content (AvgIpc) is 2.40. The van der Waals surface area contributed by atoms with Crippen molar-refractivity contribution in [1.82, 2.24) is 0 Å². The van der Waals surface area contributed by atoms with Crippen LogP contribution in [0.3, 0.4) is 0 Å². The molecule has 2 aromatic rings. The maximum absolute atomic E-state index is 11.4. The maximum atomic E-state index is 11.4. The third-order valence-electron chi connectivity index (χ3n) is 2.67. The molecule has 0 fully saturated rings. The van der Waals surface area contributed by atoms with E-state index in [1.54, 1.807) is 6.92 Å². The molecule has 0 saturated carbocycles. The zero-order chi connectivity index (χ0) is 12.8. The molecule has 2 aromatic carbocycles. The van der Waals surface area contributed by atoms with Crippen molar-refractivity contribution < 1.29 is 4.79 Å². The number of ketones is 1. The zero-order valence-corrected chi connectivity index (χ0v) is 12.1. The number of rotatable bonds is 5. The molecular formula is C16H16OSe. The first kappa shape index (κ1) is 13.1. The first-order valence-electron chi connectivity index (χ1n) is 6.02. The second kappa shape index (κ2) is 6.53. The van der Waals surface area contributed by atoms with Crippen LogP contribution in [-0.2, 0) is 4.79 Å². The van der Waals surface area contributed by atoms with Crippen LogP contribution >= 0.6 is 0 Å². The van der Waals surface area contributed by atoms with Crippen molar-refractivity contribution in [3.63, 3.8) is 0 Å². The number of hydrogen-bond donors (Lipinski definition) is 0. The van der Waals surface area contributed by atoms with Crippen LogP contribution in [0.2, 0.25) is 0 Å². The molecule has 1 unspecified atom stereocenters. The summed E-state index contributed by atoms with van der Waals surface area (Å²) < 4.78 is 1.35. The Labute approximate surface area is 114 Å². The minimum absolute atomic E-state index is 0.265. The van der Waals surface area contributed by atoms with Crippen LogP contribution in [0.5, 0.6) is 0 Å². The molecule has 92 valence electrons. The molecule has 0 spiro atoms. The van der Waals surface area contributed by atoms with Crippen LogP contribution in [0.15, 0.2) is 60.7 Å². The second-order valence-electron chi connectivity index (χ2n) is 4.24. The predicted octanol–water partition coefficient (Wildman–Crippen LogP) is 2.74. The van der Waals surface area contributed by atoms with Gasteiger partial charge in [0, 0.05) is 0 Å². The van der Waals surface area contributed by atoms with Crippen LogP contribution in [0, 0.1) is 0 Å². The van der Waals surface area contributed by atoms with Gasteiger partial charge in [-0.05, 0) is 0 Å².